The highest BCUT2D eigenvalue weighted by molar-refractivity contribution is 5.94. The van der Waals surface area contributed by atoms with Crippen molar-refractivity contribution in [2.45, 2.75) is 25.7 Å². The number of nitro groups is 1. The molecule has 2 aliphatic rings. The number of fused-ring (bicyclic) bond motifs is 2. The summed E-state index contributed by atoms with van der Waals surface area (Å²) in [6.45, 7) is 3.05. The predicted molar refractivity (Wildman–Crippen MR) is 135 cm³/mol. The first-order chi connectivity index (χ1) is 16.2. The second-order valence-corrected chi connectivity index (χ2v) is 8.82. The largest absolute Gasteiger partial charge is 0.303 e. The van der Waals surface area contributed by atoms with Crippen LogP contribution in [0.1, 0.15) is 47.1 Å². The van der Waals surface area contributed by atoms with Crippen LogP contribution in [0.15, 0.2) is 78.4 Å². The zero-order chi connectivity index (χ0) is 22.6. The topological polar surface area (TPSA) is 46.4 Å². The van der Waals surface area contributed by atoms with Gasteiger partial charge in [-0.05, 0) is 60.1 Å². The molecule has 3 aromatic rings. The molecule has 0 atom stereocenters. The Hall–Kier alpha value is -3.50. The molecule has 1 aliphatic carbocycles. The molecular formula is C29H28N2O2. The van der Waals surface area contributed by atoms with Crippen LogP contribution < -0.4 is 0 Å². The number of benzene rings is 3. The van der Waals surface area contributed by atoms with Gasteiger partial charge in [0.2, 0.25) is 0 Å². The van der Waals surface area contributed by atoms with E-state index in [1.165, 1.54) is 33.4 Å². The fraction of sp³-hybridized carbons (Fsp3) is 0.241. The fourth-order valence-electron chi connectivity index (χ4n) is 5.14. The van der Waals surface area contributed by atoms with E-state index in [0.717, 1.165) is 50.9 Å². The SMILES string of the molecule is O=[N+]([O-])c1ccccc1CCCN1CCC(=C2c3ccccc3C=Cc3ccccc32)CC1. The third-order valence-electron chi connectivity index (χ3n) is 6.82. The summed E-state index contributed by atoms with van der Waals surface area (Å²) in [6, 6.07) is 24.5. The Morgan fingerprint density at radius 2 is 1.36 bits per heavy atom. The van der Waals surface area contributed by atoms with Crippen molar-refractivity contribution in [3.63, 3.8) is 0 Å². The van der Waals surface area contributed by atoms with Gasteiger partial charge >= 0.3 is 0 Å². The summed E-state index contributed by atoms with van der Waals surface area (Å²) in [4.78, 5) is 13.5. The van der Waals surface area contributed by atoms with Crippen LogP contribution in [0.4, 0.5) is 5.69 Å². The van der Waals surface area contributed by atoms with Gasteiger partial charge in [-0.3, -0.25) is 10.1 Å². The molecule has 1 heterocycles. The molecule has 3 aromatic carbocycles. The van der Waals surface area contributed by atoms with E-state index in [4.69, 9.17) is 0 Å². The first kappa shape index (κ1) is 21.4. The Labute approximate surface area is 195 Å². The van der Waals surface area contributed by atoms with Gasteiger partial charge in [-0.25, -0.2) is 0 Å². The molecule has 0 saturated carbocycles. The lowest BCUT2D eigenvalue weighted by Crippen LogP contribution is -2.32. The number of nitrogens with zero attached hydrogens (tertiary/aromatic N) is 2. The summed E-state index contributed by atoms with van der Waals surface area (Å²) in [6.07, 6.45) is 8.27. The summed E-state index contributed by atoms with van der Waals surface area (Å²) in [7, 11) is 0. The van der Waals surface area contributed by atoms with Crippen LogP contribution in [-0.2, 0) is 6.42 Å². The minimum atomic E-state index is -0.272. The zero-order valence-corrected chi connectivity index (χ0v) is 18.7. The molecule has 4 nitrogen and oxygen atoms in total. The third-order valence-corrected chi connectivity index (χ3v) is 6.82. The van der Waals surface area contributed by atoms with Gasteiger partial charge in [0.1, 0.15) is 0 Å². The minimum Gasteiger partial charge on any atom is -0.303 e. The van der Waals surface area contributed by atoms with Crippen molar-refractivity contribution in [1.29, 1.82) is 0 Å². The lowest BCUT2D eigenvalue weighted by molar-refractivity contribution is -0.385. The van der Waals surface area contributed by atoms with Crippen LogP contribution in [0.5, 0.6) is 0 Å². The Kier molecular flexibility index (Phi) is 6.18. The number of aryl methyl sites for hydroxylation is 1. The van der Waals surface area contributed by atoms with Crippen LogP contribution in [0, 0.1) is 10.1 Å². The highest BCUT2D eigenvalue weighted by Gasteiger charge is 2.22. The molecule has 0 radical (unpaired) electrons. The Balaban J connectivity index is 1.31. The summed E-state index contributed by atoms with van der Waals surface area (Å²) in [5.41, 5.74) is 9.24. The molecule has 33 heavy (non-hydrogen) atoms. The number of piperidine rings is 1. The van der Waals surface area contributed by atoms with Crippen LogP contribution in [0.2, 0.25) is 0 Å². The van der Waals surface area contributed by atoms with Crippen molar-refractivity contribution < 1.29 is 4.92 Å². The van der Waals surface area contributed by atoms with Crippen LogP contribution >= 0.6 is 0 Å². The molecule has 0 N–H and O–H groups in total. The zero-order valence-electron chi connectivity index (χ0n) is 18.7. The maximum absolute atomic E-state index is 11.3. The minimum absolute atomic E-state index is 0.238. The Bertz CT molecular complexity index is 1180. The second kappa shape index (κ2) is 9.55. The van der Waals surface area contributed by atoms with Crippen molar-refractivity contribution in [1.82, 2.24) is 4.90 Å². The molecule has 0 amide bonds. The van der Waals surface area contributed by atoms with Gasteiger partial charge in [-0.2, -0.15) is 0 Å². The van der Waals surface area contributed by atoms with Crippen molar-refractivity contribution in [2.75, 3.05) is 19.6 Å². The van der Waals surface area contributed by atoms with Crippen LogP contribution in [0.3, 0.4) is 0 Å². The van der Waals surface area contributed by atoms with Gasteiger partial charge in [0.05, 0.1) is 4.92 Å². The van der Waals surface area contributed by atoms with E-state index in [1.807, 2.05) is 12.1 Å². The molecule has 0 unspecified atom stereocenters. The molecule has 1 saturated heterocycles. The number of hydrogen-bond donors (Lipinski definition) is 0. The molecule has 1 fully saturated rings. The Morgan fingerprint density at radius 3 is 2.00 bits per heavy atom. The number of para-hydroxylation sites is 1. The van der Waals surface area contributed by atoms with Crippen molar-refractivity contribution in [2.24, 2.45) is 0 Å². The average molecular weight is 437 g/mol. The second-order valence-electron chi connectivity index (χ2n) is 8.82. The molecule has 0 bridgehead atoms. The average Bonchev–Trinajstić information content (AvgIpc) is 3.02. The van der Waals surface area contributed by atoms with Crippen molar-refractivity contribution in [3.05, 3.63) is 116 Å². The van der Waals surface area contributed by atoms with Gasteiger partial charge in [-0.15, -0.1) is 0 Å². The molecular weight excluding hydrogens is 408 g/mol. The van der Waals surface area contributed by atoms with E-state index >= 15 is 0 Å². The van der Waals surface area contributed by atoms with Crippen LogP contribution in [0.25, 0.3) is 17.7 Å². The number of rotatable bonds is 5. The smallest absolute Gasteiger partial charge is 0.272 e. The number of hydrogen-bond acceptors (Lipinski definition) is 3. The van der Waals surface area contributed by atoms with Gasteiger partial charge in [0, 0.05) is 24.7 Å². The van der Waals surface area contributed by atoms with Gasteiger partial charge in [-0.1, -0.05) is 84.5 Å². The van der Waals surface area contributed by atoms with Gasteiger partial charge in [0.25, 0.3) is 5.69 Å². The third kappa shape index (κ3) is 4.53. The number of nitro benzene ring substituents is 1. The van der Waals surface area contributed by atoms with E-state index in [-0.39, 0.29) is 10.6 Å². The standard InChI is InChI=1S/C29H28N2O2/c32-31(33)28-14-6-3-10-24(28)11-7-19-30-20-17-25(18-21-30)29-26-12-4-1-8-22(26)15-16-23-9-2-5-13-27(23)29/h1-6,8-10,12-16H,7,11,17-21H2. The van der Waals surface area contributed by atoms with Gasteiger partial charge in [0.15, 0.2) is 0 Å². The highest BCUT2D eigenvalue weighted by atomic mass is 16.6. The first-order valence-corrected chi connectivity index (χ1v) is 11.7. The number of likely N-dealkylation sites (tertiary alicyclic amines) is 1. The fourth-order valence-corrected chi connectivity index (χ4v) is 5.14. The molecule has 4 heteroatoms. The normalized spacial score (nSPS) is 15.6. The van der Waals surface area contributed by atoms with E-state index in [9.17, 15) is 10.1 Å². The predicted octanol–water partition coefficient (Wildman–Crippen LogP) is 6.61. The van der Waals surface area contributed by atoms with Gasteiger partial charge < -0.3 is 4.90 Å². The summed E-state index contributed by atoms with van der Waals surface area (Å²) >= 11 is 0. The lowest BCUT2D eigenvalue weighted by atomic mass is 9.86. The summed E-state index contributed by atoms with van der Waals surface area (Å²) < 4.78 is 0. The maximum Gasteiger partial charge on any atom is 0.272 e. The maximum atomic E-state index is 11.3. The van der Waals surface area contributed by atoms with Crippen LogP contribution in [-0.4, -0.2) is 29.5 Å². The molecule has 1 aliphatic heterocycles. The van der Waals surface area contributed by atoms with E-state index in [0.29, 0.717) is 0 Å². The summed E-state index contributed by atoms with van der Waals surface area (Å²) in [5.74, 6) is 0. The lowest BCUT2D eigenvalue weighted by Gasteiger charge is -2.30. The van der Waals surface area contributed by atoms with E-state index in [2.05, 4.69) is 65.6 Å². The monoisotopic (exact) mass is 436 g/mol. The quantitative estimate of drug-likeness (QED) is 0.261. The molecule has 166 valence electrons. The van der Waals surface area contributed by atoms with Crippen molar-refractivity contribution in [3.8, 4) is 0 Å². The summed E-state index contributed by atoms with van der Waals surface area (Å²) in [5, 5.41) is 11.3. The first-order valence-electron chi connectivity index (χ1n) is 11.7. The molecule has 0 spiro atoms. The van der Waals surface area contributed by atoms with Crippen molar-refractivity contribution >= 4 is 23.4 Å². The Morgan fingerprint density at radius 1 is 0.788 bits per heavy atom. The molecule has 5 rings (SSSR count). The molecule has 0 aromatic heterocycles. The van der Waals surface area contributed by atoms with E-state index < -0.39 is 0 Å². The van der Waals surface area contributed by atoms with E-state index in [1.54, 1.807) is 12.1 Å². The highest BCUT2D eigenvalue weighted by Crippen LogP contribution is 2.38.